The van der Waals surface area contributed by atoms with E-state index in [1.54, 1.807) is 7.11 Å². The van der Waals surface area contributed by atoms with Crippen molar-refractivity contribution in [2.45, 2.75) is 33.1 Å². The minimum absolute atomic E-state index is 0.100. The molecule has 0 atom stereocenters. The average molecular weight is 285 g/mol. The summed E-state index contributed by atoms with van der Waals surface area (Å²) in [7, 11) is 1.68. The van der Waals surface area contributed by atoms with E-state index in [9.17, 15) is 4.79 Å². The molecule has 1 N–H and O–H groups in total. The van der Waals surface area contributed by atoms with Gasteiger partial charge in [0.15, 0.2) is 0 Å². The summed E-state index contributed by atoms with van der Waals surface area (Å²) >= 11 is 0. The van der Waals surface area contributed by atoms with E-state index in [4.69, 9.17) is 4.74 Å². The Morgan fingerprint density at radius 1 is 1.19 bits per heavy atom. The highest BCUT2D eigenvalue weighted by atomic mass is 16.5. The second-order valence-corrected chi connectivity index (χ2v) is 5.15. The van der Waals surface area contributed by atoms with Crippen LogP contribution in [0.15, 0.2) is 30.3 Å². The zero-order chi connectivity index (χ0) is 15.2. The SMILES string of the molecule is CCC(=O)NCCc1cc(CC)cc2ccc(OC)cc12. The number of carbonyl (C=O) groups is 1. The smallest absolute Gasteiger partial charge is 0.219 e. The van der Waals surface area contributed by atoms with Crippen LogP contribution in [0.1, 0.15) is 31.4 Å². The minimum Gasteiger partial charge on any atom is -0.497 e. The van der Waals surface area contributed by atoms with Gasteiger partial charge in [-0.25, -0.2) is 0 Å². The average Bonchev–Trinajstić information content (AvgIpc) is 2.53. The lowest BCUT2D eigenvalue weighted by Gasteiger charge is -2.11. The number of amides is 1. The summed E-state index contributed by atoms with van der Waals surface area (Å²) in [4.78, 5) is 11.4. The van der Waals surface area contributed by atoms with Crippen molar-refractivity contribution < 1.29 is 9.53 Å². The molecule has 3 nitrogen and oxygen atoms in total. The van der Waals surface area contributed by atoms with Crippen molar-refractivity contribution in [1.82, 2.24) is 5.32 Å². The molecule has 0 bridgehead atoms. The first-order chi connectivity index (χ1) is 10.2. The molecule has 0 saturated heterocycles. The van der Waals surface area contributed by atoms with Gasteiger partial charge in [-0.15, -0.1) is 0 Å². The monoisotopic (exact) mass is 285 g/mol. The number of benzene rings is 2. The van der Waals surface area contributed by atoms with Gasteiger partial charge >= 0.3 is 0 Å². The van der Waals surface area contributed by atoms with Crippen LogP contribution in [0.25, 0.3) is 10.8 Å². The lowest BCUT2D eigenvalue weighted by atomic mass is 9.97. The fourth-order valence-electron chi connectivity index (χ4n) is 2.48. The molecule has 0 spiro atoms. The van der Waals surface area contributed by atoms with E-state index in [1.807, 2.05) is 13.0 Å². The van der Waals surface area contributed by atoms with Gasteiger partial charge < -0.3 is 10.1 Å². The van der Waals surface area contributed by atoms with Crippen LogP contribution in [0.5, 0.6) is 5.75 Å². The third-order valence-corrected chi connectivity index (χ3v) is 3.75. The highest BCUT2D eigenvalue weighted by molar-refractivity contribution is 5.88. The number of hydrogen-bond acceptors (Lipinski definition) is 2. The fraction of sp³-hybridized carbons (Fsp3) is 0.389. The summed E-state index contributed by atoms with van der Waals surface area (Å²) in [5.41, 5.74) is 2.59. The van der Waals surface area contributed by atoms with Crippen LogP contribution >= 0.6 is 0 Å². The molecule has 112 valence electrons. The molecule has 0 aromatic heterocycles. The van der Waals surface area contributed by atoms with Crippen molar-refractivity contribution in [1.29, 1.82) is 0 Å². The topological polar surface area (TPSA) is 38.3 Å². The second kappa shape index (κ2) is 7.11. The maximum Gasteiger partial charge on any atom is 0.219 e. The first-order valence-corrected chi connectivity index (χ1v) is 7.54. The third-order valence-electron chi connectivity index (χ3n) is 3.75. The van der Waals surface area contributed by atoms with E-state index in [-0.39, 0.29) is 5.91 Å². The molecule has 2 aromatic rings. The Kier molecular flexibility index (Phi) is 5.20. The Bertz CT molecular complexity index is 634. The molecule has 0 radical (unpaired) electrons. The molecule has 0 fully saturated rings. The van der Waals surface area contributed by atoms with E-state index < -0.39 is 0 Å². The van der Waals surface area contributed by atoms with E-state index in [0.29, 0.717) is 13.0 Å². The number of carbonyl (C=O) groups excluding carboxylic acids is 1. The van der Waals surface area contributed by atoms with Crippen LogP contribution in [0.4, 0.5) is 0 Å². The Balaban J connectivity index is 2.31. The van der Waals surface area contributed by atoms with Gasteiger partial charge in [-0.05, 0) is 46.9 Å². The molecular formula is C18H23NO2. The molecular weight excluding hydrogens is 262 g/mol. The van der Waals surface area contributed by atoms with E-state index in [2.05, 4.69) is 36.5 Å². The summed E-state index contributed by atoms with van der Waals surface area (Å²) in [5.74, 6) is 0.967. The van der Waals surface area contributed by atoms with Crippen molar-refractivity contribution in [3.63, 3.8) is 0 Å². The molecule has 0 aliphatic heterocycles. The molecule has 2 aromatic carbocycles. The molecule has 2 rings (SSSR count). The first kappa shape index (κ1) is 15.4. The van der Waals surface area contributed by atoms with Crippen LogP contribution in [0.3, 0.4) is 0 Å². The molecule has 1 amide bonds. The number of fused-ring (bicyclic) bond motifs is 1. The predicted molar refractivity (Wildman–Crippen MR) is 86.9 cm³/mol. The molecule has 0 heterocycles. The number of rotatable bonds is 6. The van der Waals surface area contributed by atoms with Crippen molar-refractivity contribution in [2.24, 2.45) is 0 Å². The normalized spacial score (nSPS) is 10.6. The van der Waals surface area contributed by atoms with Gasteiger partial charge in [-0.2, -0.15) is 0 Å². The van der Waals surface area contributed by atoms with Gasteiger partial charge in [0.05, 0.1) is 7.11 Å². The molecule has 0 aliphatic rings. The predicted octanol–water partition coefficient (Wildman–Crippen LogP) is 3.48. The first-order valence-electron chi connectivity index (χ1n) is 7.54. The van der Waals surface area contributed by atoms with Crippen molar-refractivity contribution in [2.75, 3.05) is 13.7 Å². The zero-order valence-electron chi connectivity index (χ0n) is 13.0. The minimum atomic E-state index is 0.100. The van der Waals surface area contributed by atoms with Crippen LogP contribution in [0, 0.1) is 0 Å². The molecule has 0 unspecified atom stereocenters. The summed E-state index contributed by atoms with van der Waals surface area (Å²) < 4.78 is 5.32. The lowest BCUT2D eigenvalue weighted by Crippen LogP contribution is -2.24. The van der Waals surface area contributed by atoms with Crippen molar-refractivity contribution in [3.8, 4) is 5.75 Å². The van der Waals surface area contributed by atoms with Gasteiger partial charge in [0.1, 0.15) is 5.75 Å². The Morgan fingerprint density at radius 2 is 2.00 bits per heavy atom. The number of aryl methyl sites for hydroxylation is 1. The quantitative estimate of drug-likeness (QED) is 0.882. The number of methoxy groups -OCH3 is 1. The van der Waals surface area contributed by atoms with E-state index in [1.165, 1.54) is 21.9 Å². The summed E-state index contributed by atoms with van der Waals surface area (Å²) in [5, 5.41) is 5.38. The standard InChI is InChI=1S/C18H23NO2/c1-4-13-10-14-6-7-16(21-3)12-17(14)15(11-13)8-9-19-18(20)5-2/h6-7,10-12H,4-5,8-9H2,1-3H3,(H,19,20). The van der Waals surface area contributed by atoms with Gasteiger partial charge in [-0.3, -0.25) is 4.79 Å². The summed E-state index contributed by atoms with van der Waals surface area (Å²) in [6, 6.07) is 10.6. The summed E-state index contributed by atoms with van der Waals surface area (Å²) in [6.07, 6.45) is 2.38. The number of nitrogens with one attached hydrogen (secondary N) is 1. The molecule has 0 aliphatic carbocycles. The van der Waals surface area contributed by atoms with Crippen LogP contribution in [-0.2, 0) is 17.6 Å². The van der Waals surface area contributed by atoms with Crippen LogP contribution < -0.4 is 10.1 Å². The van der Waals surface area contributed by atoms with E-state index in [0.717, 1.165) is 18.6 Å². The maximum atomic E-state index is 11.4. The zero-order valence-corrected chi connectivity index (χ0v) is 13.0. The highest BCUT2D eigenvalue weighted by Gasteiger charge is 2.06. The summed E-state index contributed by atoms with van der Waals surface area (Å²) in [6.45, 7) is 4.70. The number of hydrogen-bond donors (Lipinski definition) is 1. The fourth-order valence-corrected chi connectivity index (χ4v) is 2.48. The third kappa shape index (κ3) is 3.75. The molecule has 21 heavy (non-hydrogen) atoms. The second-order valence-electron chi connectivity index (χ2n) is 5.15. The highest BCUT2D eigenvalue weighted by Crippen LogP contribution is 2.26. The lowest BCUT2D eigenvalue weighted by molar-refractivity contribution is -0.120. The van der Waals surface area contributed by atoms with Crippen LogP contribution in [-0.4, -0.2) is 19.6 Å². The largest absolute Gasteiger partial charge is 0.497 e. The number of ether oxygens (including phenoxy) is 1. The van der Waals surface area contributed by atoms with Crippen molar-refractivity contribution >= 4 is 16.7 Å². The van der Waals surface area contributed by atoms with Gasteiger partial charge in [-0.1, -0.05) is 32.0 Å². The maximum absolute atomic E-state index is 11.4. The van der Waals surface area contributed by atoms with E-state index >= 15 is 0 Å². The van der Waals surface area contributed by atoms with Gasteiger partial charge in [0.25, 0.3) is 0 Å². The van der Waals surface area contributed by atoms with Crippen LogP contribution in [0.2, 0.25) is 0 Å². The Morgan fingerprint density at radius 3 is 2.67 bits per heavy atom. The van der Waals surface area contributed by atoms with Crippen molar-refractivity contribution in [3.05, 3.63) is 41.5 Å². The Hall–Kier alpha value is -2.03. The van der Waals surface area contributed by atoms with Gasteiger partial charge in [0.2, 0.25) is 5.91 Å². The molecule has 0 saturated carbocycles. The van der Waals surface area contributed by atoms with Gasteiger partial charge in [0, 0.05) is 13.0 Å². The molecule has 3 heteroatoms. The Labute approximate surface area is 126 Å².